The third-order valence-corrected chi connectivity index (χ3v) is 5.03. The number of hydrogen-bond acceptors (Lipinski definition) is 6. The minimum absolute atomic E-state index is 0.00340. The molecule has 156 valence electrons. The number of aryl methyl sites for hydroxylation is 1. The second-order valence-corrected chi connectivity index (χ2v) is 7.55. The maximum Gasteiger partial charge on any atom is 0.271 e. The lowest BCUT2D eigenvalue weighted by Gasteiger charge is -2.30. The number of carbonyl (C=O) groups excluding carboxylic acids is 2. The first kappa shape index (κ1) is 20.0. The molecule has 1 aliphatic heterocycles. The molecular weight excluding hydrogens is 386 g/mol. The summed E-state index contributed by atoms with van der Waals surface area (Å²) in [6.07, 6.45) is 4.23. The van der Waals surface area contributed by atoms with Gasteiger partial charge in [-0.1, -0.05) is 12.1 Å². The molecular formula is C21H23N5O4. The molecule has 1 saturated heterocycles. The van der Waals surface area contributed by atoms with Crippen molar-refractivity contribution >= 4 is 22.7 Å². The lowest BCUT2D eigenvalue weighted by Crippen LogP contribution is -2.53. The fourth-order valence-corrected chi connectivity index (χ4v) is 3.48. The van der Waals surface area contributed by atoms with Crippen molar-refractivity contribution in [3.8, 4) is 0 Å². The van der Waals surface area contributed by atoms with E-state index in [1.54, 1.807) is 11.0 Å². The number of ether oxygens (including phenoxy) is 1. The first-order chi connectivity index (χ1) is 14.4. The van der Waals surface area contributed by atoms with Crippen molar-refractivity contribution in [1.82, 2.24) is 25.2 Å². The van der Waals surface area contributed by atoms with Crippen LogP contribution in [0.5, 0.6) is 0 Å². The summed E-state index contributed by atoms with van der Waals surface area (Å²) in [6, 6.07) is 7.73. The Balaban J connectivity index is 1.47. The lowest BCUT2D eigenvalue weighted by atomic mass is 10.0. The van der Waals surface area contributed by atoms with Crippen molar-refractivity contribution in [3.63, 3.8) is 0 Å². The van der Waals surface area contributed by atoms with Gasteiger partial charge in [-0.25, -0.2) is 4.98 Å². The molecule has 2 amide bonds. The van der Waals surface area contributed by atoms with Gasteiger partial charge in [-0.3, -0.25) is 14.6 Å². The summed E-state index contributed by atoms with van der Waals surface area (Å²) in [5.74, 6) is -0.683. The number of aromatic amines is 1. The van der Waals surface area contributed by atoms with Crippen LogP contribution >= 0.6 is 0 Å². The van der Waals surface area contributed by atoms with Crippen LogP contribution in [-0.4, -0.2) is 75.2 Å². The molecule has 0 radical (unpaired) electrons. The van der Waals surface area contributed by atoms with Gasteiger partial charge in [-0.05, 0) is 24.6 Å². The van der Waals surface area contributed by atoms with Crippen LogP contribution in [0.25, 0.3) is 10.9 Å². The van der Waals surface area contributed by atoms with Crippen molar-refractivity contribution in [1.29, 1.82) is 0 Å². The molecule has 9 heteroatoms. The number of nitrogens with zero attached hydrogens (tertiary/aromatic N) is 3. The Morgan fingerprint density at radius 2 is 2.20 bits per heavy atom. The summed E-state index contributed by atoms with van der Waals surface area (Å²) >= 11 is 0. The number of hydrogen-bond donors (Lipinski definition) is 3. The van der Waals surface area contributed by atoms with Gasteiger partial charge < -0.3 is 25.0 Å². The van der Waals surface area contributed by atoms with Crippen molar-refractivity contribution in [2.75, 3.05) is 32.8 Å². The SMILES string of the molecule is Cc1ccc2cc(C(=O)N3CCOC[C@@](O)(CNC(=O)c4cnccn4)C3)[nH]c2c1. The average Bonchev–Trinajstić information content (AvgIpc) is 3.07. The maximum absolute atomic E-state index is 13.1. The average molecular weight is 409 g/mol. The van der Waals surface area contributed by atoms with Crippen molar-refractivity contribution in [3.05, 3.63) is 59.8 Å². The van der Waals surface area contributed by atoms with Crippen LogP contribution in [0.1, 0.15) is 26.5 Å². The van der Waals surface area contributed by atoms with Crippen molar-refractivity contribution in [2.45, 2.75) is 12.5 Å². The zero-order valence-electron chi connectivity index (χ0n) is 16.6. The minimum atomic E-state index is -1.42. The van der Waals surface area contributed by atoms with Gasteiger partial charge in [0.05, 0.1) is 32.5 Å². The fourth-order valence-electron chi connectivity index (χ4n) is 3.48. The number of β-amino-alcohol motifs (C(OH)–C–C–N with tert-alkyl or cyclic N) is 1. The van der Waals surface area contributed by atoms with E-state index in [1.807, 2.05) is 25.1 Å². The van der Waals surface area contributed by atoms with Gasteiger partial charge in [0.25, 0.3) is 11.8 Å². The van der Waals surface area contributed by atoms with Gasteiger partial charge in [0.2, 0.25) is 0 Å². The van der Waals surface area contributed by atoms with E-state index < -0.39 is 11.5 Å². The van der Waals surface area contributed by atoms with E-state index >= 15 is 0 Å². The van der Waals surface area contributed by atoms with Crippen LogP contribution in [-0.2, 0) is 4.74 Å². The number of aliphatic hydroxyl groups is 1. The number of rotatable bonds is 4. The summed E-state index contributed by atoms with van der Waals surface area (Å²) in [5.41, 5.74) is 1.16. The first-order valence-corrected chi connectivity index (χ1v) is 9.67. The zero-order valence-corrected chi connectivity index (χ0v) is 16.6. The third-order valence-electron chi connectivity index (χ3n) is 5.03. The van der Waals surface area contributed by atoms with E-state index in [1.165, 1.54) is 18.6 Å². The standard InChI is InChI=1S/C21H23N5O4/c1-14-2-3-15-9-17(25-16(15)8-14)20(28)26-6-7-30-13-21(29,12-26)11-24-19(27)18-10-22-4-5-23-18/h2-5,8-10,25,29H,6-7,11-13H2,1H3,(H,24,27)/t21-/m1/s1. The minimum Gasteiger partial charge on any atom is -0.384 e. The summed E-state index contributed by atoms with van der Waals surface area (Å²) < 4.78 is 5.51. The van der Waals surface area contributed by atoms with Crippen LogP contribution in [0.3, 0.4) is 0 Å². The number of nitrogens with one attached hydrogen (secondary N) is 2. The predicted octanol–water partition coefficient (Wildman–Crippen LogP) is 0.900. The molecule has 0 unspecified atom stereocenters. The van der Waals surface area contributed by atoms with Gasteiger partial charge in [0.1, 0.15) is 17.0 Å². The van der Waals surface area contributed by atoms with E-state index in [2.05, 4.69) is 20.3 Å². The van der Waals surface area contributed by atoms with Gasteiger partial charge in [-0.15, -0.1) is 0 Å². The molecule has 4 rings (SSSR count). The zero-order chi connectivity index (χ0) is 21.1. The molecule has 3 aromatic rings. The first-order valence-electron chi connectivity index (χ1n) is 9.67. The number of amides is 2. The van der Waals surface area contributed by atoms with Crippen LogP contribution in [0.15, 0.2) is 42.9 Å². The van der Waals surface area contributed by atoms with Gasteiger partial charge in [0, 0.05) is 29.8 Å². The van der Waals surface area contributed by atoms with Gasteiger partial charge in [0.15, 0.2) is 0 Å². The number of carbonyl (C=O) groups is 2. The maximum atomic E-state index is 13.1. The molecule has 1 atom stereocenters. The fraction of sp³-hybridized carbons (Fsp3) is 0.333. The van der Waals surface area contributed by atoms with Crippen LogP contribution in [0.2, 0.25) is 0 Å². The highest BCUT2D eigenvalue weighted by atomic mass is 16.5. The molecule has 1 aliphatic rings. The number of benzene rings is 1. The highest BCUT2D eigenvalue weighted by Gasteiger charge is 2.35. The molecule has 2 aromatic heterocycles. The second-order valence-electron chi connectivity index (χ2n) is 7.55. The Morgan fingerprint density at radius 1 is 1.33 bits per heavy atom. The number of aromatic nitrogens is 3. The largest absolute Gasteiger partial charge is 0.384 e. The molecule has 0 spiro atoms. The van der Waals surface area contributed by atoms with E-state index in [0.29, 0.717) is 18.8 Å². The van der Waals surface area contributed by atoms with Crippen molar-refractivity contribution in [2.24, 2.45) is 0 Å². The topological polar surface area (TPSA) is 120 Å². The Hall–Kier alpha value is -3.30. The normalized spacial score (nSPS) is 19.5. The van der Waals surface area contributed by atoms with Crippen molar-refractivity contribution < 1.29 is 19.4 Å². The molecule has 30 heavy (non-hydrogen) atoms. The molecule has 3 heterocycles. The molecule has 9 nitrogen and oxygen atoms in total. The predicted molar refractivity (Wildman–Crippen MR) is 109 cm³/mol. The monoisotopic (exact) mass is 409 g/mol. The highest BCUT2D eigenvalue weighted by Crippen LogP contribution is 2.20. The van der Waals surface area contributed by atoms with E-state index in [4.69, 9.17) is 4.74 Å². The van der Waals surface area contributed by atoms with E-state index in [-0.39, 0.29) is 31.3 Å². The summed E-state index contributed by atoms with van der Waals surface area (Å²) in [6.45, 7) is 2.57. The van der Waals surface area contributed by atoms with Crippen LogP contribution in [0, 0.1) is 6.92 Å². The molecule has 1 fully saturated rings. The number of fused-ring (bicyclic) bond motifs is 1. The Morgan fingerprint density at radius 3 is 3.00 bits per heavy atom. The van der Waals surface area contributed by atoms with Crippen LogP contribution < -0.4 is 5.32 Å². The Bertz CT molecular complexity index is 1070. The molecule has 1 aromatic carbocycles. The van der Waals surface area contributed by atoms with Gasteiger partial charge in [-0.2, -0.15) is 0 Å². The molecule has 0 saturated carbocycles. The molecule has 3 N–H and O–H groups in total. The third kappa shape index (κ3) is 4.32. The summed E-state index contributed by atoms with van der Waals surface area (Å²) in [5, 5.41) is 14.6. The van der Waals surface area contributed by atoms with Crippen LogP contribution in [0.4, 0.5) is 0 Å². The smallest absolute Gasteiger partial charge is 0.271 e. The highest BCUT2D eigenvalue weighted by molar-refractivity contribution is 5.98. The van der Waals surface area contributed by atoms with E-state index in [9.17, 15) is 14.7 Å². The Labute approximate surface area is 173 Å². The van der Waals surface area contributed by atoms with Gasteiger partial charge >= 0.3 is 0 Å². The Kier molecular flexibility index (Phi) is 5.47. The van der Waals surface area contributed by atoms with E-state index in [0.717, 1.165) is 16.5 Å². The lowest BCUT2D eigenvalue weighted by molar-refractivity contribution is -0.0324. The molecule has 0 aliphatic carbocycles. The molecule has 0 bridgehead atoms. The number of H-pyrrole nitrogens is 1. The summed E-state index contributed by atoms with van der Waals surface area (Å²) in [4.78, 5) is 37.8. The quantitative estimate of drug-likeness (QED) is 0.589. The second kappa shape index (κ2) is 8.21. The summed E-state index contributed by atoms with van der Waals surface area (Å²) in [7, 11) is 0.